The Labute approximate surface area is 203 Å². The Morgan fingerprint density at radius 3 is 1.44 bits per heavy atom. The van der Waals surface area contributed by atoms with Gasteiger partial charge in [-0.2, -0.15) is 26.3 Å². The molecule has 4 nitrogen and oxygen atoms in total. The van der Waals surface area contributed by atoms with Crippen molar-refractivity contribution in [2.24, 2.45) is 11.8 Å². The monoisotopic (exact) mass is 510 g/mol. The summed E-state index contributed by atoms with van der Waals surface area (Å²) >= 11 is 0. The lowest BCUT2D eigenvalue weighted by Gasteiger charge is -2.62. The van der Waals surface area contributed by atoms with Crippen LogP contribution in [0, 0.1) is 11.8 Å². The fourth-order valence-electron chi connectivity index (χ4n) is 6.85. The van der Waals surface area contributed by atoms with Crippen molar-refractivity contribution < 1.29 is 35.9 Å². The van der Waals surface area contributed by atoms with Crippen LogP contribution in [0.15, 0.2) is 48.5 Å². The third-order valence-corrected chi connectivity index (χ3v) is 7.72. The average molecular weight is 510 g/mol. The van der Waals surface area contributed by atoms with Gasteiger partial charge in [-0.1, -0.05) is 12.1 Å². The second kappa shape index (κ2) is 8.24. The van der Waals surface area contributed by atoms with Crippen molar-refractivity contribution in [3.05, 3.63) is 70.8 Å². The van der Waals surface area contributed by atoms with Crippen LogP contribution in [0.1, 0.15) is 70.4 Å². The zero-order valence-electron chi connectivity index (χ0n) is 19.1. The van der Waals surface area contributed by atoms with Gasteiger partial charge in [0.25, 0.3) is 11.8 Å². The standard InChI is InChI=1S/C26H24F6N2O2/c27-25(28,29)19-5-1-3-17(8-19)21(35)33-23-10-15-7-16(11-23)13-24(12-15,14-23)34-22(36)18-4-2-6-20(9-18)26(30,31)32/h1-6,8-9,15-16H,7,10-14H2,(H,33,35)(H,34,36). The molecule has 0 spiro atoms. The van der Waals surface area contributed by atoms with Crippen LogP contribution < -0.4 is 10.6 Å². The minimum Gasteiger partial charge on any atom is -0.346 e. The first-order chi connectivity index (χ1) is 16.8. The van der Waals surface area contributed by atoms with Crippen molar-refractivity contribution in [1.29, 1.82) is 0 Å². The number of rotatable bonds is 4. The van der Waals surface area contributed by atoms with E-state index in [4.69, 9.17) is 0 Å². The predicted octanol–water partition coefficient (Wildman–Crippen LogP) is 5.98. The summed E-state index contributed by atoms with van der Waals surface area (Å²) < 4.78 is 78.7. The third kappa shape index (κ3) is 4.69. The molecule has 4 saturated carbocycles. The van der Waals surface area contributed by atoms with Gasteiger partial charge in [0.2, 0.25) is 0 Å². The Kier molecular flexibility index (Phi) is 5.64. The second-order valence-corrected chi connectivity index (χ2v) is 10.6. The van der Waals surface area contributed by atoms with Crippen LogP contribution in [-0.4, -0.2) is 22.9 Å². The summed E-state index contributed by atoms with van der Waals surface area (Å²) in [6.07, 6.45) is -5.26. The lowest BCUT2D eigenvalue weighted by molar-refractivity contribution is -0.138. The topological polar surface area (TPSA) is 58.2 Å². The number of halogens is 6. The first-order valence-corrected chi connectivity index (χ1v) is 11.8. The summed E-state index contributed by atoms with van der Waals surface area (Å²) in [5.74, 6) is -0.838. The predicted molar refractivity (Wildman–Crippen MR) is 118 cm³/mol. The molecule has 0 atom stereocenters. The van der Waals surface area contributed by atoms with Crippen molar-refractivity contribution in [2.45, 2.75) is 62.0 Å². The molecule has 2 aromatic rings. The van der Waals surface area contributed by atoms with Crippen molar-refractivity contribution in [3.8, 4) is 0 Å². The Hall–Kier alpha value is -3.04. The lowest BCUT2D eigenvalue weighted by Crippen LogP contribution is -2.69. The summed E-state index contributed by atoms with van der Waals surface area (Å²) in [7, 11) is 0. The van der Waals surface area contributed by atoms with E-state index in [1.165, 1.54) is 24.3 Å². The third-order valence-electron chi connectivity index (χ3n) is 7.72. The van der Waals surface area contributed by atoms with Gasteiger partial charge in [-0.25, -0.2) is 0 Å². The van der Waals surface area contributed by atoms with Gasteiger partial charge >= 0.3 is 12.4 Å². The Bertz CT molecular complexity index is 1100. The van der Waals surface area contributed by atoms with E-state index in [0.29, 0.717) is 32.1 Å². The number of carbonyl (C=O) groups excluding carboxylic acids is 2. The molecule has 4 aliphatic rings. The second-order valence-electron chi connectivity index (χ2n) is 10.6. The maximum atomic E-state index is 13.1. The highest BCUT2D eigenvalue weighted by Crippen LogP contribution is 2.57. The van der Waals surface area contributed by atoms with Crippen LogP contribution >= 0.6 is 0 Å². The van der Waals surface area contributed by atoms with E-state index in [9.17, 15) is 35.9 Å². The van der Waals surface area contributed by atoms with Gasteiger partial charge in [0.05, 0.1) is 11.1 Å². The van der Waals surface area contributed by atoms with Crippen LogP contribution in [0.5, 0.6) is 0 Å². The zero-order chi connectivity index (χ0) is 25.9. The van der Waals surface area contributed by atoms with Gasteiger partial charge in [0.1, 0.15) is 0 Å². The van der Waals surface area contributed by atoms with Gasteiger partial charge in [-0.05, 0) is 86.8 Å². The quantitative estimate of drug-likeness (QED) is 0.498. The van der Waals surface area contributed by atoms with E-state index in [2.05, 4.69) is 10.6 Å². The van der Waals surface area contributed by atoms with Crippen LogP contribution in [0.25, 0.3) is 0 Å². The summed E-state index contributed by atoms with van der Waals surface area (Å²) in [5.41, 5.74) is -3.41. The van der Waals surface area contributed by atoms with Crippen LogP contribution in [0.4, 0.5) is 26.3 Å². The molecule has 2 N–H and O–H groups in total. The SMILES string of the molecule is O=C(NC12CC3CC(C1)CC(NC(=O)c1cccc(C(F)(F)F)c1)(C3)C2)c1cccc(C(F)(F)F)c1. The number of hydrogen-bond acceptors (Lipinski definition) is 2. The highest BCUT2D eigenvalue weighted by Gasteiger charge is 2.58. The largest absolute Gasteiger partial charge is 0.416 e. The number of amides is 2. The summed E-state index contributed by atoms with van der Waals surface area (Å²) in [5, 5.41) is 5.96. The summed E-state index contributed by atoms with van der Waals surface area (Å²) in [6, 6.07) is 8.48. The molecule has 0 heterocycles. The molecule has 0 unspecified atom stereocenters. The average Bonchev–Trinajstić information content (AvgIpc) is 2.76. The molecule has 0 saturated heterocycles. The Morgan fingerprint density at radius 1 is 0.694 bits per heavy atom. The number of benzene rings is 2. The minimum absolute atomic E-state index is 0.0948. The summed E-state index contributed by atoms with van der Waals surface area (Å²) in [4.78, 5) is 26.0. The molecule has 0 aliphatic heterocycles. The molecule has 4 bridgehead atoms. The molecule has 4 fully saturated rings. The van der Waals surface area contributed by atoms with E-state index in [0.717, 1.165) is 30.7 Å². The van der Waals surface area contributed by atoms with Gasteiger partial charge < -0.3 is 10.6 Å². The van der Waals surface area contributed by atoms with Crippen molar-refractivity contribution in [3.63, 3.8) is 0 Å². The molecule has 4 aliphatic carbocycles. The van der Waals surface area contributed by atoms with Crippen molar-refractivity contribution >= 4 is 11.8 Å². The van der Waals surface area contributed by atoms with Gasteiger partial charge in [0.15, 0.2) is 0 Å². The fraction of sp³-hybridized carbons (Fsp3) is 0.462. The molecule has 36 heavy (non-hydrogen) atoms. The van der Waals surface area contributed by atoms with E-state index >= 15 is 0 Å². The zero-order valence-corrected chi connectivity index (χ0v) is 19.1. The smallest absolute Gasteiger partial charge is 0.346 e. The number of hydrogen-bond donors (Lipinski definition) is 2. The Balaban J connectivity index is 1.36. The summed E-state index contributed by atoms with van der Waals surface area (Å²) in [6.45, 7) is 0. The highest BCUT2D eigenvalue weighted by atomic mass is 19.4. The van der Waals surface area contributed by atoms with Crippen molar-refractivity contribution in [2.75, 3.05) is 0 Å². The molecule has 192 valence electrons. The number of nitrogens with one attached hydrogen (secondary N) is 2. The highest BCUT2D eigenvalue weighted by molar-refractivity contribution is 5.96. The Morgan fingerprint density at radius 2 is 1.08 bits per heavy atom. The maximum absolute atomic E-state index is 13.1. The fourth-order valence-corrected chi connectivity index (χ4v) is 6.85. The van der Waals surface area contributed by atoms with Gasteiger partial charge in [-0.3, -0.25) is 9.59 Å². The first kappa shape index (κ1) is 24.6. The van der Waals surface area contributed by atoms with E-state index in [1.54, 1.807) is 0 Å². The van der Waals surface area contributed by atoms with Crippen molar-refractivity contribution in [1.82, 2.24) is 10.6 Å². The molecule has 0 aromatic heterocycles. The first-order valence-electron chi connectivity index (χ1n) is 11.8. The molecule has 10 heteroatoms. The molecule has 2 aromatic carbocycles. The molecular formula is C26H24F6N2O2. The van der Waals surface area contributed by atoms with Gasteiger partial charge in [0, 0.05) is 22.2 Å². The van der Waals surface area contributed by atoms with Crippen LogP contribution in [0.3, 0.4) is 0 Å². The van der Waals surface area contributed by atoms with E-state index in [-0.39, 0.29) is 23.0 Å². The van der Waals surface area contributed by atoms with Gasteiger partial charge in [-0.15, -0.1) is 0 Å². The minimum atomic E-state index is -4.57. The number of carbonyl (C=O) groups is 2. The van der Waals surface area contributed by atoms with Crippen LogP contribution in [-0.2, 0) is 12.4 Å². The van der Waals surface area contributed by atoms with E-state index in [1.807, 2.05) is 0 Å². The maximum Gasteiger partial charge on any atom is 0.416 e. The molecule has 2 amide bonds. The molecule has 6 rings (SSSR count). The molecular weight excluding hydrogens is 486 g/mol. The van der Waals surface area contributed by atoms with Crippen LogP contribution in [0.2, 0.25) is 0 Å². The molecule has 0 radical (unpaired) electrons. The number of alkyl halides is 6. The normalized spacial score (nSPS) is 29.2. The lowest BCUT2D eigenvalue weighted by atomic mass is 9.49. The van der Waals surface area contributed by atoms with E-state index < -0.39 is 46.4 Å².